The highest BCUT2D eigenvalue weighted by Crippen LogP contribution is 2.19. The maximum atomic E-state index is 13.2. The molecule has 150 valence electrons. The molecule has 5 nitrogen and oxygen atoms in total. The van der Waals surface area contributed by atoms with Crippen LogP contribution in [0.5, 0.6) is 0 Å². The van der Waals surface area contributed by atoms with Gasteiger partial charge in [0.2, 0.25) is 11.8 Å². The molecule has 2 amide bonds. The smallest absolute Gasteiger partial charge is 0.241 e. The van der Waals surface area contributed by atoms with Crippen LogP contribution in [0.1, 0.15) is 31.9 Å². The third kappa shape index (κ3) is 6.82. The minimum atomic E-state index is -0.0604. The fraction of sp³-hybridized carbons (Fsp3) is 0.391. The molecular formula is C23H31N3O2. The Morgan fingerprint density at radius 1 is 1.00 bits per heavy atom. The van der Waals surface area contributed by atoms with E-state index in [2.05, 4.69) is 5.32 Å². The lowest BCUT2D eigenvalue weighted by Gasteiger charge is -2.27. The molecule has 0 aliphatic heterocycles. The zero-order valence-electron chi connectivity index (χ0n) is 17.3. The number of carbonyl (C=O) groups excluding carboxylic acids is 2. The summed E-state index contributed by atoms with van der Waals surface area (Å²) in [5.74, 6) is -0.0801. The Kier molecular flexibility index (Phi) is 8.20. The van der Waals surface area contributed by atoms with E-state index in [9.17, 15) is 9.59 Å². The molecule has 0 unspecified atom stereocenters. The summed E-state index contributed by atoms with van der Waals surface area (Å²) < 4.78 is 0. The van der Waals surface area contributed by atoms with Gasteiger partial charge in [-0.05, 0) is 50.6 Å². The molecule has 0 spiro atoms. The van der Waals surface area contributed by atoms with Crippen molar-refractivity contribution in [3.05, 3.63) is 65.7 Å². The van der Waals surface area contributed by atoms with Crippen molar-refractivity contribution in [2.75, 3.05) is 24.5 Å². The Bertz CT molecular complexity index is 774. The molecule has 0 heterocycles. The second-order valence-electron chi connectivity index (χ2n) is 7.33. The first-order valence-corrected chi connectivity index (χ1v) is 9.81. The number of likely N-dealkylation sites (N-methyl/N-ethyl adjacent to an activating group) is 1. The molecule has 0 aliphatic rings. The van der Waals surface area contributed by atoms with Gasteiger partial charge < -0.3 is 10.2 Å². The van der Waals surface area contributed by atoms with Crippen molar-refractivity contribution < 1.29 is 9.59 Å². The van der Waals surface area contributed by atoms with Crippen LogP contribution in [-0.2, 0) is 16.1 Å². The Balaban J connectivity index is 2.16. The van der Waals surface area contributed by atoms with Crippen LogP contribution in [0.2, 0.25) is 0 Å². The largest absolute Gasteiger partial charge is 0.353 e. The van der Waals surface area contributed by atoms with Gasteiger partial charge >= 0.3 is 0 Å². The summed E-state index contributed by atoms with van der Waals surface area (Å²) in [7, 11) is 0. The fourth-order valence-corrected chi connectivity index (χ4v) is 3.01. The predicted octanol–water partition coefficient (Wildman–Crippen LogP) is 3.37. The van der Waals surface area contributed by atoms with Crippen molar-refractivity contribution >= 4 is 17.5 Å². The second-order valence-corrected chi connectivity index (χ2v) is 7.33. The number of nitrogens with one attached hydrogen (secondary N) is 1. The molecule has 5 heteroatoms. The molecule has 0 aromatic heterocycles. The highest BCUT2D eigenvalue weighted by atomic mass is 16.2. The van der Waals surface area contributed by atoms with Gasteiger partial charge in [-0.1, -0.05) is 49.4 Å². The van der Waals surface area contributed by atoms with Crippen molar-refractivity contribution in [3.8, 4) is 0 Å². The molecule has 0 saturated carbocycles. The van der Waals surface area contributed by atoms with Gasteiger partial charge in [-0.25, -0.2) is 0 Å². The van der Waals surface area contributed by atoms with Gasteiger partial charge in [0.05, 0.1) is 19.6 Å². The van der Waals surface area contributed by atoms with Gasteiger partial charge in [0, 0.05) is 11.7 Å². The van der Waals surface area contributed by atoms with E-state index in [0.29, 0.717) is 13.1 Å². The summed E-state index contributed by atoms with van der Waals surface area (Å²) in [5.41, 5.74) is 3.04. The van der Waals surface area contributed by atoms with Crippen LogP contribution in [0.25, 0.3) is 0 Å². The van der Waals surface area contributed by atoms with E-state index in [1.54, 1.807) is 4.90 Å². The number of hydrogen-bond acceptors (Lipinski definition) is 3. The van der Waals surface area contributed by atoms with Crippen LogP contribution in [-0.4, -0.2) is 42.4 Å². The lowest BCUT2D eigenvalue weighted by Crippen LogP contribution is -2.45. The van der Waals surface area contributed by atoms with E-state index >= 15 is 0 Å². The van der Waals surface area contributed by atoms with E-state index in [4.69, 9.17) is 0 Å². The number of rotatable bonds is 9. The Labute approximate surface area is 168 Å². The average Bonchev–Trinajstić information content (AvgIpc) is 2.65. The van der Waals surface area contributed by atoms with Crippen molar-refractivity contribution in [1.82, 2.24) is 10.2 Å². The highest BCUT2D eigenvalue weighted by Gasteiger charge is 2.20. The first kappa shape index (κ1) is 21.6. The number of nitrogens with zero attached hydrogens (tertiary/aromatic N) is 2. The molecule has 0 atom stereocenters. The standard InChI is InChI=1S/C23H31N3O2/c1-5-25(16-22(27)24-18(2)3)17-23(28)26(15-20-11-7-6-8-12-20)21-13-9-10-19(4)14-21/h6-14,18H,5,15-17H2,1-4H3,(H,24,27). The maximum Gasteiger partial charge on any atom is 0.241 e. The Morgan fingerprint density at radius 3 is 2.32 bits per heavy atom. The maximum absolute atomic E-state index is 13.2. The number of anilines is 1. The van der Waals surface area contributed by atoms with E-state index < -0.39 is 0 Å². The molecular weight excluding hydrogens is 350 g/mol. The number of hydrogen-bond donors (Lipinski definition) is 1. The lowest BCUT2D eigenvalue weighted by atomic mass is 10.1. The molecule has 2 rings (SSSR count). The van der Waals surface area contributed by atoms with Crippen LogP contribution < -0.4 is 10.2 Å². The molecule has 1 N–H and O–H groups in total. The molecule has 0 aliphatic carbocycles. The molecule has 2 aromatic carbocycles. The predicted molar refractivity (Wildman–Crippen MR) is 114 cm³/mol. The molecule has 2 aromatic rings. The van der Waals surface area contributed by atoms with Crippen LogP contribution >= 0.6 is 0 Å². The van der Waals surface area contributed by atoms with Gasteiger partial charge in [0.15, 0.2) is 0 Å². The van der Waals surface area contributed by atoms with Crippen LogP contribution in [0, 0.1) is 6.92 Å². The second kappa shape index (κ2) is 10.6. The SMILES string of the molecule is CCN(CC(=O)NC(C)C)CC(=O)N(Cc1ccccc1)c1cccc(C)c1. The molecule has 0 fully saturated rings. The quantitative estimate of drug-likeness (QED) is 0.725. The first-order chi connectivity index (χ1) is 13.4. The number of amides is 2. The summed E-state index contributed by atoms with van der Waals surface area (Å²) in [5, 5.41) is 2.88. The summed E-state index contributed by atoms with van der Waals surface area (Å²) >= 11 is 0. The number of benzene rings is 2. The van der Waals surface area contributed by atoms with Crippen LogP contribution in [0.15, 0.2) is 54.6 Å². The Morgan fingerprint density at radius 2 is 1.71 bits per heavy atom. The normalized spacial score (nSPS) is 10.9. The third-order valence-electron chi connectivity index (χ3n) is 4.42. The summed E-state index contributed by atoms with van der Waals surface area (Å²) in [4.78, 5) is 29.0. The van der Waals surface area contributed by atoms with E-state index in [1.807, 2.05) is 87.2 Å². The summed E-state index contributed by atoms with van der Waals surface area (Å²) in [6.45, 7) is 9.38. The Hall–Kier alpha value is -2.66. The first-order valence-electron chi connectivity index (χ1n) is 9.81. The van der Waals surface area contributed by atoms with Crippen molar-refractivity contribution in [2.24, 2.45) is 0 Å². The van der Waals surface area contributed by atoms with E-state index in [1.165, 1.54) is 0 Å². The average molecular weight is 382 g/mol. The molecule has 0 radical (unpaired) electrons. The lowest BCUT2D eigenvalue weighted by molar-refractivity contribution is -0.124. The minimum absolute atomic E-state index is 0.0198. The molecule has 0 bridgehead atoms. The van der Waals surface area contributed by atoms with Crippen LogP contribution in [0.4, 0.5) is 5.69 Å². The summed E-state index contributed by atoms with van der Waals surface area (Å²) in [6.07, 6.45) is 0. The minimum Gasteiger partial charge on any atom is -0.353 e. The van der Waals surface area contributed by atoms with E-state index in [-0.39, 0.29) is 30.9 Å². The summed E-state index contributed by atoms with van der Waals surface area (Å²) in [6, 6.07) is 18.0. The van der Waals surface area contributed by atoms with Gasteiger partial charge in [-0.3, -0.25) is 14.5 Å². The van der Waals surface area contributed by atoms with Gasteiger partial charge in [-0.2, -0.15) is 0 Å². The molecule has 0 saturated heterocycles. The topological polar surface area (TPSA) is 52.7 Å². The highest BCUT2D eigenvalue weighted by molar-refractivity contribution is 5.95. The van der Waals surface area contributed by atoms with Crippen LogP contribution in [0.3, 0.4) is 0 Å². The zero-order chi connectivity index (χ0) is 20.5. The fourth-order valence-electron chi connectivity index (χ4n) is 3.01. The van der Waals surface area contributed by atoms with Crippen molar-refractivity contribution in [2.45, 2.75) is 40.3 Å². The third-order valence-corrected chi connectivity index (χ3v) is 4.42. The number of carbonyl (C=O) groups is 2. The van der Waals surface area contributed by atoms with Crippen molar-refractivity contribution in [3.63, 3.8) is 0 Å². The van der Waals surface area contributed by atoms with Gasteiger partial charge in [-0.15, -0.1) is 0 Å². The monoisotopic (exact) mass is 381 g/mol. The number of aryl methyl sites for hydroxylation is 1. The molecule has 28 heavy (non-hydrogen) atoms. The van der Waals surface area contributed by atoms with Gasteiger partial charge in [0.25, 0.3) is 0 Å². The van der Waals surface area contributed by atoms with E-state index in [0.717, 1.165) is 16.8 Å². The van der Waals surface area contributed by atoms with Gasteiger partial charge in [0.1, 0.15) is 0 Å². The van der Waals surface area contributed by atoms with Crippen molar-refractivity contribution in [1.29, 1.82) is 0 Å². The zero-order valence-corrected chi connectivity index (χ0v) is 17.3.